The van der Waals surface area contributed by atoms with E-state index in [1.54, 1.807) is 36.4 Å². The first-order valence-corrected chi connectivity index (χ1v) is 6.08. The van der Waals surface area contributed by atoms with Gasteiger partial charge < -0.3 is 9.84 Å². The van der Waals surface area contributed by atoms with E-state index in [4.69, 9.17) is 9.84 Å². The van der Waals surface area contributed by atoms with Crippen LogP contribution in [-0.4, -0.2) is 17.0 Å². The Morgan fingerprint density at radius 3 is 1.81 bits per heavy atom. The zero-order valence-electron chi connectivity index (χ0n) is 11.2. The summed E-state index contributed by atoms with van der Waals surface area (Å²) >= 11 is 0. The highest BCUT2D eigenvalue weighted by molar-refractivity contribution is 5.87. The molecule has 0 unspecified atom stereocenters. The van der Waals surface area contributed by atoms with Crippen molar-refractivity contribution in [3.63, 3.8) is 0 Å². The number of aromatic carboxylic acids is 1. The molecule has 1 N–H and O–H groups in total. The number of carbonyl (C=O) groups is 2. The summed E-state index contributed by atoms with van der Waals surface area (Å²) in [5, 5.41) is 16.8. The smallest absolute Gasteiger partial charge is 0.335 e. The van der Waals surface area contributed by atoms with E-state index in [2.05, 4.69) is 10.2 Å². The summed E-state index contributed by atoms with van der Waals surface area (Å²) in [6.07, 6.45) is 0. The normalized spacial score (nSPS) is 10.5. The molecule has 6 heteroatoms. The summed E-state index contributed by atoms with van der Waals surface area (Å²) in [6, 6.07) is 12.6. The average Bonchev–Trinajstić information content (AvgIpc) is 2.46. The van der Waals surface area contributed by atoms with Crippen molar-refractivity contribution in [3.8, 4) is 5.75 Å². The molecule has 0 heterocycles. The van der Waals surface area contributed by atoms with E-state index in [0.29, 0.717) is 17.1 Å². The Labute approximate surface area is 120 Å². The number of esters is 1. The number of benzene rings is 2. The molecule has 0 aromatic heterocycles. The maximum Gasteiger partial charge on any atom is 0.335 e. The van der Waals surface area contributed by atoms with E-state index in [1.165, 1.54) is 19.1 Å². The molecule has 106 valence electrons. The average molecular weight is 284 g/mol. The van der Waals surface area contributed by atoms with Crippen LogP contribution in [0.3, 0.4) is 0 Å². The number of ether oxygens (including phenoxy) is 1. The fraction of sp³-hybridized carbons (Fsp3) is 0.0667. The molecule has 0 spiro atoms. The van der Waals surface area contributed by atoms with Gasteiger partial charge in [-0.3, -0.25) is 4.79 Å². The number of carboxylic acids is 1. The van der Waals surface area contributed by atoms with Crippen LogP contribution < -0.4 is 4.74 Å². The molecule has 21 heavy (non-hydrogen) atoms. The molecule has 0 bridgehead atoms. The van der Waals surface area contributed by atoms with Crippen LogP contribution in [0.25, 0.3) is 0 Å². The lowest BCUT2D eigenvalue weighted by atomic mass is 10.2. The molecule has 0 amide bonds. The summed E-state index contributed by atoms with van der Waals surface area (Å²) in [5.74, 6) is -0.935. The van der Waals surface area contributed by atoms with E-state index in [-0.39, 0.29) is 11.5 Å². The van der Waals surface area contributed by atoms with E-state index < -0.39 is 5.97 Å². The molecular weight excluding hydrogens is 272 g/mol. The number of carbonyl (C=O) groups excluding carboxylic acids is 1. The Hall–Kier alpha value is -3.02. The third-order valence-electron chi connectivity index (χ3n) is 2.49. The predicted molar refractivity (Wildman–Crippen MR) is 75.3 cm³/mol. The molecule has 0 aliphatic carbocycles. The highest BCUT2D eigenvalue weighted by Crippen LogP contribution is 2.21. The third-order valence-corrected chi connectivity index (χ3v) is 2.49. The maximum absolute atomic E-state index is 10.8. The van der Waals surface area contributed by atoms with Crippen LogP contribution in [0.5, 0.6) is 5.75 Å². The highest BCUT2D eigenvalue weighted by Gasteiger charge is 2.01. The van der Waals surface area contributed by atoms with Gasteiger partial charge in [-0.1, -0.05) is 0 Å². The first kappa shape index (κ1) is 14.4. The van der Waals surface area contributed by atoms with Gasteiger partial charge in [0.25, 0.3) is 0 Å². The van der Waals surface area contributed by atoms with Gasteiger partial charge in [-0.15, -0.1) is 0 Å². The topological polar surface area (TPSA) is 88.3 Å². The van der Waals surface area contributed by atoms with Crippen molar-refractivity contribution in [2.45, 2.75) is 6.92 Å². The molecule has 0 radical (unpaired) electrons. The molecule has 0 aliphatic heterocycles. The van der Waals surface area contributed by atoms with Gasteiger partial charge >= 0.3 is 11.9 Å². The summed E-state index contributed by atoms with van der Waals surface area (Å²) < 4.78 is 4.90. The molecule has 0 atom stereocenters. The summed E-state index contributed by atoms with van der Waals surface area (Å²) in [5.41, 5.74) is 1.33. The molecule has 2 rings (SSSR count). The van der Waals surface area contributed by atoms with Crippen molar-refractivity contribution in [2.75, 3.05) is 0 Å². The van der Waals surface area contributed by atoms with Crippen molar-refractivity contribution < 1.29 is 19.4 Å². The maximum atomic E-state index is 10.8. The zero-order valence-corrected chi connectivity index (χ0v) is 11.2. The van der Waals surface area contributed by atoms with Gasteiger partial charge in [0.2, 0.25) is 0 Å². The Balaban J connectivity index is 2.06. The van der Waals surface area contributed by atoms with E-state index in [9.17, 15) is 9.59 Å². The van der Waals surface area contributed by atoms with Crippen LogP contribution in [0, 0.1) is 0 Å². The van der Waals surface area contributed by atoms with E-state index >= 15 is 0 Å². The van der Waals surface area contributed by atoms with Crippen LogP contribution in [0.4, 0.5) is 11.4 Å². The van der Waals surface area contributed by atoms with Crippen LogP contribution in [0.15, 0.2) is 58.8 Å². The zero-order chi connectivity index (χ0) is 15.2. The lowest BCUT2D eigenvalue weighted by Gasteiger charge is -2.00. The van der Waals surface area contributed by atoms with Crippen LogP contribution >= 0.6 is 0 Å². The number of nitrogens with zero attached hydrogens (tertiary/aromatic N) is 2. The van der Waals surface area contributed by atoms with Crippen molar-refractivity contribution in [1.82, 2.24) is 0 Å². The van der Waals surface area contributed by atoms with Gasteiger partial charge in [0, 0.05) is 6.92 Å². The molecule has 6 nitrogen and oxygen atoms in total. The number of azo groups is 1. The third kappa shape index (κ3) is 4.24. The molecule has 2 aromatic carbocycles. The minimum atomic E-state index is -0.987. The first-order valence-electron chi connectivity index (χ1n) is 6.08. The lowest BCUT2D eigenvalue weighted by Crippen LogP contribution is -2.00. The number of hydrogen-bond donors (Lipinski definition) is 1. The first-order chi connectivity index (χ1) is 10.0. The SMILES string of the molecule is CC(=O)Oc1ccc(/N=N/c2ccc(C(=O)O)cc2)cc1. The van der Waals surface area contributed by atoms with Gasteiger partial charge in [0.15, 0.2) is 0 Å². The van der Waals surface area contributed by atoms with Gasteiger partial charge in [-0.05, 0) is 48.5 Å². The standard InChI is InChI=1S/C15H12N2O4/c1-10(18)21-14-8-6-13(7-9-14)17-16-12-4-2-11(3-5-12)15(19)20/h2-9H,1H3,(H,19,20)/b17-16+. The minimum absolute atomic E-state index is 0.194. The van der Waals surface area contributed by atoms with Crippen molar-refractivity contribution in [2.24, 2.45) is 10.2 Å². The van der Waals surface area contributed by atoms with Crippen LogP contribution in [0.1, 0.15) is 17.3 Å². The van der Waals surface area contributed by atoms with Gasteiger partial charge in [0.05, 0.1) is 16.9 Å². The lowest BCUT2D eigenvalue weighted by molar-refractivity contribution is -0.131. The summed E-state index contributed by atoms with van der Waals surface area (Å²) in [4.78, 5) is 21.5. The highest BCUT2D eigenvalue weighted by atomic mass is 16.5. The fourth-order valence-corrected chi connectivity index (χ4v) is 1.53. The minimum Gasteiger partial charge on any atom is -0.478 e. The summed E-state index contributed by atoms with van der Waals surface area (Å²) in [6.45, 7) is 1.33. The molecule has 0 saturated carbocycles. The van der Waals surface area contributed by atoms with Gasteiger partial charge in [-0.2, -0.15) is 10.2 Å². The van der Waals surface area contributed by atoms with E-state index in [1.807, 2.05) is 0 Å². The van der Waals surface area contributed by atoms with Crippen molar-refractivity contribution >= 4 is 23.3 Å². The van der Waals surface area contributed by atoms with Gasteiger partial charge in [0.1, 0.15) is 5.75 Å². The molecular formula is C15H12N2O4. The quantitative estimate of drug-likeness (QED) is 0.526. The Bertz CT molecular complexity index is 676. The largest absolute Gasteiger partial charge is 0.478 e. The number of carboxylic acid groups (broad SMARTS) is 1. The second kappa shape index (κ2) is 6.42. The van der Waals surface area contributed by atoms with E-state index in [0.717, 1.165) is 0 Å². The second-order valence-electron chi connectivity index (χ2n) is 4.14. The molecule has 0 saturated heterocycles. The Morgan fingerprint density at radius 2 is 1.38 bits per heavy atom. The molecule has 0 fully saturated rings. The molecule has 0 aliphatic rings. The Kier molecular flexibility index (Phi) is 4.40. The second-order valence-corrected chi connectivity index (χ2v) is 4.14. The van der Waals surface area contributed by atoms with Crippen LogP contribution in [-0.2, 0) is 4.79 Å². The Morgan fingerprint density at radius 1 is 0.905 bits per heavy atom. The van der Waals surface area contributed by atoms with Gasteiger partial charge in [-0.25, -0.2) is 4.79 Å². The van der Waals surface area contributed by atoms with Crippen molar-refractivity contribution in [3.05, 3.63) is 54.1 Å². The molecule has 2 aromatic rings. The summed E-state index contributed by atoms with van der Waals surface area (Å²) in [7, 11) is 0. The number of hydrogen-bond acceptors (Lipinski definition) is 5. The predicted octanol–water partition coefficient (Wildman–Crippen LogP) is 3.73. The monoisotopic (exact) mass is 284 g/mol. The van der Waals surface area contributed by atoms with Crippen molar-refractivity contribution in [1.29, 1.82) is 0 Å². The number of rotatable bonds is 4. The van der Waals surface area contributed by atoms with Crippen LogP contribution in [0.2, 0.25) is 0 Å². The fourth-order valence-electron chi connectivity index (χ4n) is 1.53.